The highest BCUT2D eigenvalue weighted by Crippen LogP contribution is 2.30. The summed E-state index contributed by atoms with van der Waals surface area (Å²) >= 11 is 0. The maximum atomic E-state index is 12.7. The van der Waals surface area contributed by atoms with Gasteiger partial charge in [-0.3, -0.25) is 4.98 Å². The molecule has 1 heterocycles. The number of carbonyl (C=O) groups excluding carboxylic acids is 2. The van der Waals surface area contributed by atoms with Gasteiger partial charge in [-0.1, -0.05) is 18.2 Å². The Kier molecular flexibility index (Phi) is 4.28. The molecule has 0 fully saturated rings. The van der Waals surface area contributed by atoms with Gasteiger partial charge in [-0.25, -0.2) is 9.59 Å². The lowest BCUT2D eigenvalue weighted by molar-refractivity contribution is -0.149. The van der Waals surface area contributed by atoms with E-state index in [-0.39, 0.29) is 0 Å². The zero-order valence-electron chi connectivity index (χ0n) is 13.3. The van der Waals surface area contributed by atoms with Crippen LogP contribution in [-0.2, 0) is 27.1 Å². The van der Waals surface area contributed by atoms with Crippen molar-refractivity contribution in [3.8, 4) is 0 Å². The predicted octanol–water partition coefficient (Wildman–Crippen LogP) is 2.83. The van der Waals surface area contributed by atoms with Crippen LogP contribution in [0.2, 0.25) is 0 Å². The minimum Gasteiger partial charge on any atom is -0.466 e. The fraction of sp³-hybridized carbons (Fsp3) is 0.389. The lowest BCUT2D eigenvalue weighted by Gasteiger charge is -2.20. The molecule has 0 radical (unpaired) electrons. The van der Waals surface area contributed by atoms with Crippen LogP contribution >= 0.6 is 0 Å². The fourth-order valence-corrected chi connectivity index (χ4v) is 3.04. The first-order valence-electron chi connectivity index (χ1n) is 7.81. The third kappa shape index (κ3) is 2.91. The van der Waals surface area contributed by atoms with E-state index in [9.17, 15) is 9.59 Å². The number of ether oxygens (including phenoxy) is 2. The molecule has 5 heteroatoms. The van der Waals surface area contributed by atoms with E-state index in [1.165, 1.54) is 14.0 Å². The third-order valence-electron chi connectivity index (χ3n) is 4.19. The number of esters is 2. The first-order valence-corrected chi connectivity index (χ1v) is 7.81. The first-order chi connectivity index (χ1) is 11.1. The number of aryl methyl sites for hydroxylation is 1. The van der Waals surface area contributed by atoms with Crippen LogP contribution in [0.1, 0.15) is 41.4 Å². The summed E-state index contributed by atoms with van der Waals surface area (Å²) in [6.07, 6.45) is 2.85. The van der Waals surface area contributed by atoms with Crippen LogP contribution in [0.15, 0.2) is 24.3 Å². The molecular weight excluding hydrogens is 294 g/mol. The highest BCUT2D eigenvalue weighted by molar-refractivity contribution is 6.05. The third-order valence-corrected chi connectivity index (χ3v) is 4.19. The lowest BCUT2D eigenvalue weighted by Crippen LogP contribution is -2.26. The van der Waals surface area contributed by atoms with E-state index in [1.54, 1.807) is 0 Å². The van der Waals surface area contributed by atoms with Crippen molar-refractivity contribution in [1.82, 2.24) is 4.98 Å². The standard InChI is InChI=1S/C18H19NO4/c1-11(17(20)22-2)23-18(21)16-12-7-3-5-9-14(12)19-15-10-6-4-8-13(15)16/h3,5,7,9,11H,4,6,8,10H2,1-2H3. The van der Waals surface area contributed by atoms with Crippen LogP contribution in [0.4, 0.5) is 0 Å². The van der Waals surface area contributed by atoms with Crippen LogP contribution in [0.3, 0.4) is 0 Å². The van der Waals surface area contributed by atoms with Crippen molar-refractivity contribution in [2.45, 2.75) is 38.7 Å². The van der Waals surface area contributed by atoms with Crippen LogP contribution in [0, 0.1) is 0 Å². The van der Waals surface area contributed by atoms with Crippen molar-refractivity contribution < 1.29 is 19.1 Å². The molecular formula is C18H19NO4. The lowest BCUT2D eigenvalue weighted by atomic mass is 9.90. The number of methoxy groups -OCH3 is 1. The second-order valence-corrected chi connectivity index (χ2v) is 5.71. The van der Waals surface area contributed by atoms with Gasteiger partial charge in [0.1, 0.15) is 0 Å². The summed E-state index contributed by atoms with van der Waals surface area (Å²) in [5, 5.41) is 0.773. The molecule has 3 rings (SSSR count). The van der Waals surface area contributed by atoms with Gasteiger partial charge >= 0.3 is 11.9 Å². The van der Waals surface area contributed by atoms with Gasteiger partial charge in [0.25, 0.3) is 0 Å². The number of hydrogen-bond donors (Lipinski definition) is 0. The molecule has 2 aromatic rings. The molecule has 1 unspecified atom stereocenters. The molecule has 1 aliphatic carbocycles. The van der Waals surface area contributed by atoms with Gasteiger partial charge in [-0.05, 0) is 44.2 Å². The molecule has 0 saturated carbocycles. The number of nitrogens with zero attached hydrogens (tertiary/aromatic N) is 1. The molecule has 0 bridgehead atoms. The maximum absolute atomic E-state index is 12.7. The summed E-state index contributed by atoms with van der Waals surface area (Å²) in [5.74, 6) is -1.05. The second-order valence-electron chi connectivity index (χ2n) is 5.71. The average molecular weight is 313 g/mol. The zero-order chi connectivity index (χ0) is 16.4. The number of rotatable bonds is 3. The topological polar surface area (TPSA) is 65.5 Å². The van der Waals surface area contributed by atoms with E-state index in [0.29, 0.717) is 5.56 Å². The van der Waals surface area contributed by atoms with E-state index in [4.69, 9.17) is 4.74 Å². The first kappa shape index (κ1) is 15.5. The molecule has 1 aliphatic rings. The van der Waals surface area contributed by atoms with Crippen molar-refractivity contribution in [1.29, 1.82) is 0 Å². The molecule has 120 valence electrons. The van der Waals surface area contributed by atoms with Crippen molar-refractivity contribution in [3.05, 3.63) is 41.1 Å². The highest BCUT2D eigenvalue weighted by Gasteiger charge is 2.26. The molecule has 0 spiro atoms. The summed E-state index contributed by atoms with van der Waals surface area (Å²) in [6, 6.07) is 7.54. The summed E-state index contributed by atoms with van der Waals surface area (Å²) < 4.78 is 9.94. The Morgan fingerprint density at radius 2 is 1.91 bits per heavy atom. The number of hydrogen-bond acceptors (Lipinski definition) is 5. The van der Waals surface area contributed by atoms with Gasteiger partial charge in [0, 0.05) is 11.1 Å². The molecule has 1 aromatic heterocycles. The quantitative estimate of drug-likeness (QED) is 0.815. The monoisotopic (exact) mass is 313 g/mol. The van der Waals surface area contributed by atoms with Crippen molar-refractivity contribution >= 4 is 22.8 Å². The molecule has 0 N–H and O–H groups in total. The van der Waals surface area contributed by atoms with Crippen molar-refractivity contribution in [3.63, 3.8) is 0 Å². The molecule has 0 saturated heterocycles. The van der Waals surface area contributed by atoms with Gasteiger partial charge in [0.2, 0.25) is 0 Å². The van der Waals surface area contributed by atoms with Gasteiger partial charge in [-0.15, -0.1) is 0 Å². The molecule has 1 atom stereocenters. The summed E-state index contributed by atoms with van der Waals surface area (Å²) in [4.78, 5) is 28.9. The van der Waals surface area contributed by atoms with Gasteiger partial charge in [-0.2, -0.15) is 0 Å². The average Bonchev–Trinajstić information content (AvgIpc) is 2.58. The van der Waals surface area contributed by atoms with Gasteiger partial charge < -0.3 is 9.47 Å². The van der Waals surface area contributed by atoms with Gasteiger partial charge in [0.15, 0.2) is 6.10 Å². The molecule has 23 heavy (non-hydrogen) atoms. The van der Waals surface area contributed by atoms with Crippen LogP contribution in [-0.4, -0.2) is 30.1 Å². The summed E-state index contributed by atoms with van der Waals surface area (Å²) in [7, 11) is 1.27. The van der Waals surface area contributed by atoms with Crippen molar-refractivity contribution in [2.75, 3.05) is 7.11 Å². The Morgan fingerprint density at radius 3 is 2.70 bits per heavy atom. The van der Waals surface area contributed by atoms with E-state index < -0.39 is 18.0 Å². The van der Waals surface area contributed by atoms with E-state index in [1.807, 2.05) is 24.3 Å². The molecule has 0 aliphatic heterocycles. The second kappa shape index (κ2) is 6.36. The minimum atomic E-state index is -0.932. The Morgan fingerprint density at radius 1 is 1.17 bits per heavy atom. The van der Waals surface area contributed by atoms with Crippen molar-refractivity contribution in [2.24, 2.45) is 0 Å². The van der Waals surface area contributed by atoms with E-state index in [0.717, 1.165) is 47.8 Å². The minimum absolute atomic E-state index is 0.486. The number of para-hydroxylation sites is 1. The Balaban J connectivity index is 2.07. The summed E-state index contributed by atoms with van der Waals surface area (Å²) in [5.41, 5.74) is 3.25. The normalized spacial score (nSPS) is 14.9. The Bertz CT molecular complexity index is 769. The smallest absolute Gasteiger partial charge is 0.346 e. The summed E-state index contributed by atoms with van der Waals surface area (Å²) in [6.45, 7) is 1.51. The predicted molar refractivity (Wildman–Crippen MR) is 85.3 cm³/mol. The number of carbonyl (C=O) groups is 2. The number of benzene rings is 1. The van der Waals surface area contributed by atoms with Crippen LogP contribution in [0.25, 0.3) is 10.9 Å². The Labute approximate surface area is 134 Å². The Hall–Kier alpha value is -2.43. The van der Waals surface area contributed by atoms with Crippen LogP contribution < -0.4 is 0 Å². The van der Waals surface area contributed by atoms with E-state index >= 15 is 0 Å². The SMILES string of the molecule is COC(=O)C(C)OC(=O)c1c2c(nc3ccccc13)CCCC2. The maximum Gasteiger partial charge on any atom is 0.346 e. The van der Waals surface area contributed by atoms with Gasteiger partial charge in [0.05, 0.1) is 18.2 Å². The molecule has 0 amide bonds. The molecule has 1 aromatic carbocycles. The molecule has 5 nitrogen and oxygen atoms in total. The fourth-order valence-electron chi connectivity index (χ4n) is 3.04. The number of fused-ring (bicyclic) bond motifs is 2. The van der Waals surface area contributed by atoms with Crippen LogP contribution in [0.5, 0.6) is 0 Å². The number of pyridine rings is 1. The zero-order valence-corrected chi connectivity index (χ0v) is 13.3. The highest BCUT2D eigenvalue weighted by atomic mass is 16.6. The largest absolute Gasteiger partial charge is 0.466 e. The van der Waals surface area contributed by atoms with E-state index in [2.05, 4.69) is 9.72 Å². The number of aromatic nitrogens is 1.